The molecule has 3 nitrogen and oxygen atoms in total. The second kappa shape index (κ2) is 5.19. The van der Waals surface area contributed by atoms with Crippen molar-refractivity contribution in [2.45, 2.75) is 5.92 Å². The van der Waals surface area contributed by atoms with Crippen LogP contribution >= 0.6 is 0 Å². The van der Waals surface area contributed by atoms with Gasteiger partial charge in [-0.1, -0.05) is 12.1 Å². The highest BCUT2D eigenvalue weighted by Crippen LogP contribution is 2.21. The van der Waals surface area contributed by atoms with Crippen LogP contribution in [0.4, 0.5) is 4.39 Å². The van der Waals surface area contributed by atoms with Crippen LogP contribution in [0.15, 0.2) is 48.8 Å². The first-order chi connectivity index (χ1) is 8.74. The first-order valence-electron chi connectivity index (χ1n) is 5.32. The van der Waals surface area contributed by atoms with E-state index in [0.717, 1.165) is 0 Å². The van der Waals surface area contributed by atoms with Gasteiger partial charge in [-0.3, -0.25) is 9.78 Å². The Bertz CT molecular complexity index is 605. The number of rotatable bonds is 3. The molecular weight excluding hydrogens is 231 g/mol. The minimum Gasteiger partial charge on any atom is -0.292 e. The number of carbonyl (C=O) groups is 1. The zero-order chi connectivity index (χ0) is 13.0. The number of Topliss-reactive ketones (excluding diaryl/α,β-unsaturated/α-hetero) is 1. The molecule has 0 aliphatic carbocycles. The van der Waals surface area contributed by atoms with Gasteiger partial charge in [0.2, 0.25) is 0 Å². The molecule has 18 heavy (non-hydrogen) atoms. The Hall–Kier alpha value is -2.54. The van der Waals surface area contributed by atoms with Crippen molar-refractivity contribution in [1.29, 1.82) is 5.26 Å². The van der Waals surface area contributed by atoms with Gasteiger partial charge in [-0.05, 0) is 29.8 Å². The number of carbonyl (C=O) groups excluding carboxylic acids is 1. The smallest absolute Gasteiger partial charge is 0.187 e. The summed E-state index contributed by atoms with van der Waals surface area (Å²) in [6.07, 6.45) is 2.99. The number of benzene rings is 1. The van der Waals surface area contributed by atoms with E-state index in [4.69, 9.17) is 5.26 Å². The summed E-state index contributed by atoms with van der Waals surface area (Å²) in [5.74, 6) is -2.16. The highest BCUT2D eigenvalue weighted by Gasteiger charge is 2.23. The van der Waals surface area contributed by atoms with Gasteiger partial charge in [-0.2, -0.15) is 5.26 Å². The normalized spacial score (nSPS) is 11.6. The molecule has 1 unspecified atom stereocenters. The molecule has 0 N–H and O–H groups in total. The van der Waals surface area contributed by atoms with Crippen LogP contribution < -0.4 is 0 Å². The lowest BCUT2D eigenvalue weighted by atomic mass is 9.92. The molecule has 0 aliphatic heterocycles. The lowest BCUT2D eigenvalue weighted by Crippen LogP contribution is -2.12. The fourth-order valence-corrected chi connectivity index (χ4v) is 1.66. The average Bonchev–Trinajstić information content (AvgIpc) is 2.41. The third-order valence-corrected chi connectivity index (χ3v) is 2.57. The molecule has 0 radical (unpaired) electrons. The maximum absolute atomic E-state index is 13.5. The number of hydrogen-bond acceptors (Lipinski definition) is 3. The van der Waals surface area contributed by atoms with E-state index in [9.17, 15) is 9.18 Å². The molecule has 0 aliphatic rings. The topological polar surface area (TPSA) is 53.8 Å². The lowest BCUT2D eigenvalue weighted by molar-refractivity contribution is 0.0975. The Morgan fingerprint density at radius 1 is 1.22 bits per heavy atom. The predicted molar refractivity (Wildman–Crippen MR) is 63.3 cm³/mol. The third kappa shape index (κ3) is 2.25. The standard InChI is InChI=1S/C14H9FN2O/c15-13-4-2-1-3-11(13)14(18)12(9-16)10-5-7-17-8-6-10/h1-8,12H. The van der Waals surface area contributed by atoms with E-state index < -0.39 is 17.5 Å². The van der Waals surface area contributed by atoms with Crippen LogP contribution in [0.25, 0.3) is 0 Å². The van der Waals surface area contributed by atoms with Crippen molar-refractivity contribution < 1.29 is 9.18 Å². The molecule has 0 saturated carbocycles. The number of nitriles is 1. The van der Waals surface area contributed by atoms with Crippen molar-refractivity contribution in [3.8, 4) is 6.07 Å². The molecule has 1 aromatic carbocycles. The number of halogens is 1. The summed E-state index contributed by atoms with van der Waals surface area (Å²) < 4.78 is 13.5. The van der Waals surface area contributed by atoms with E-state index in [1.807, 2.05) is 6.07 Å². The molecule has 1 atom stereocenters. The molecule has 4 heteroatoms. The molecular formula is C14H9FN2O. The van der Waals surface area contributed by atoms with Crippen LogP contribution in [0, 0.1) is 17.1 Å². The molecule has 88 valence electrons. The number of ketones is 1. The van der Waals surface area contributed by atoms with E-state index >= 15 is 0 Å². The first-order valence-corrected chi connectivity index (χ1v) is 5.32. The Morgan fingerprint density at radius 2 is 1.89 bits per heavy atom. The van der Waals surface area contributed by atoms with Gasteiger partial charge in [0.05, 0.1) is 11.6 Å². The molecule has 0 amide bonds. The largest absolute Gasteiger partial charge is 0.292 e. The fraction of sp³-hybridized carbons (Fsp3) is 0.0714. The summed E-state index contributed by atoms with van der Waals surface area (Å²) in [7, 11) is 0. The van der Waals surface area contributed by atoms with Crippen LogP contribution in [0.2, 0.25) is 0 Å². The van der Waals surface area contributed by atoms with E-state index in [2.05, 4.69) is 4.98 Å². The van der Waals surface area contributed by atoms with Crippen molar-refractivity contribution in [1.82, 2.24) is 4.98 Å². The Balaban J connectivity index is 2.39. The Kier molecular flexibility index (Phi) is 3.44. The SMILES string of the molecule is N#CC(C(=O)c1ccccc1F)c1ccncc1. The molecule has 0 bridgehead atoms. The minimum absolute atomic E-state index is 0.0686. The van der Waals surface area contributed by atoms with Crippen molar-refractivity contribution in [3.63, 3.8) is 0 Å². The summed E-state index contributed by atoms with van der Waals surface area (Å²) in [5.41, 5.74) is 0.446. The summed E-state index contributed by atoms with van der Waals surface area (Å²) in [6, 6.07) is 10.7. The van der Waals surface area contributed by atoms with Crippen molar-refractivity contribution in [2.24, 2.45) is 0 Å². The molecule has 0 saturated heterocycles. The highest BCUT2D eigenvalue weighted by atomic mass is 19.1. The zero-order valence-electron chi connectivity index (χ0n) is 9.38. The third-order valence-electron chi connectivity index (χ3n) is 2.57. The highest BCUT2D eigenvalue weighted by molar-refractivity contribution is 6.02. The first kappa shape index (κ1) is 11.9. The molecule has 0 fully saturated rings. The van der Waals surface area contributed by atoms with Gasteiger partial charge in [0.25, 0.3) is 0 Å². The van der Waals surface area contributed by atoms with Crippen LogP contribution in [0.1, 0.15) is 21.8 Å². The number of pyridine rings is 1. The Morgan fingerprint density at radius 3 is 2.50 bits per heavy atom. The van der Waals surface area contributed by atoms with Crippen molar-refractivity contribution >= 4 is 5.78 Å². The van der Waals surface area contributed by atoms with Crippen LogP contribution in [0.3, 0.4) is 0 Å². The predicted octanol–water partition coefficient (Wildman–Crippen LogP) is 2.71. The maximum atomic E-state index is 13.5. The minimum atomic E-state index is -1.01. The molecule has 2 aromatic rings. The average molecular weight is 240 g/mol. The van der Waals surface area contributed by atoms with Crippen LogP contribution in [-0.2, 0) is 0 Å². The summed E-state index contributed by atoms with van der Waals surface area (Å²) in [6.45, 7) is 0. The van der Waals surface area contributed by atoms with Gasteiger partial charge >= 0.3 is 0 Å². The monoisotopic (exact) mass is 240 g/mol. The number of nitrogens with zero attached hydrogens (tertiary/aromatic N) is 2. The van der Waals surface area contributed by atoms with Gasteiger partial charge in [0, 0.05) is 12.4 Å². The Labute approximate surface area is 104 Å². The molecule has 2 rings (SSSR count). The summed E-state index contributed by atoms with van der Waals surface area (Å²) in [4.78, 5) is 15.9. The number of aromatic nitrogens is 1. The van der Waals surface area contributed by atoms with Crippen LogP contribution in [0.5, 0.6) is 0 Å². The second-order valence-electron chi connectivity index (χ2n) is 3.69. The van der Waals surface area contributed by atoms with Gasteiger partial charge < -0.3 is 0 Å². The fourth-order valence-electron chi connectivity index (χ4n) is 1.66. The summed E-state index contributed by atoms with van der Waals surface area (Å²) in [5, 5.41) is 9.09. The number of hydrogen-bond donors (Lipinski definition) is 0. The van der Waals surface area contributed by atoms with E-state index in [1.54, 1.807) is 18.2 Å². The van der Waals surface area contributed by atoms with E-state index in [-0.39, 0.29) is 5.56 Å². The lowest BCUT2D eigenvalue weighted by Gasteiger charge is -2.08. The van der Waals surface area contributed by atoms with Crippen molar-refractivity contribution in [2.75, 3.05) is 0 Å². The van der Waals surface area contributed by atoms with E-state index in [0.29, 0.717) is 5.56 Å². The van der Waals surface area contributed by atoms with Crippen molar-refractivity contribution in [3.05, 3.63) is 65.7 Å². The van der Waals surface area contributed by atoms with Gasteiger partial charge in [0.1, 0.15) is 11.7 Å². The second-order valence-corrected chi connectivity index (χ2v) is 3.69. The van der Waals surface area contributed by atoms with Gasteiger partial charge in [-0.15, -0.1) is 0 Å². The molecule has 1 heterocycles. The van der Waals surface area contributed by atoms with Gasteiger partial charge in [-0.25, -0.2) is 4.39 Å². The van der Waals surface area contributed by atoms with Crippen LogP contribution in [-0.4, -0.2) is 10.8 Å². The van der Waals surface area contributed by atoms with E-state index in [1.165, 1.54) is 30.6 Å². The zero-order valence-corrected chi connectivity index (χ0v) is 9.38. The maximum Gasteiger partial charge on any atom is 0.187 e. The summed E-state index contributed by atoms with van der Waals surface area (Å²) >= 11 is 0. The molecule has 0 spiro atoms. The molecule has 1 aromatic heterocycles. The van der Waals surface area contributed by atoms with Gasteiger partial charge in [0.15, 0.2) is 5.78 Å². The quantitative estimate of drug-likeness (QED) is 0.775.